The van der Waals surface area contributed by atoms with E-state index in [4.69, 9.17) is 10.5 Å². The summed E-state index contributed by atoms with van der Waals surface area (Å²) in [5.74, 6) is 1.21. The minimum atomic E-state index is -0.374. The number of amides is 2. The topological polar surface area (TPSA) is 110 Å². The summed E-state index contributed by atoms with van der Waals surface area (Å²) in [5.41, 5.74) is 6.47. The van der Waals surface area contributed by atoms with Crippen molar-refractivity contribution < 1.29 is 14.3 Å². The van der Waals surface area contributed by atoms with Gasteiger partial charge in [0.1, 0.15) is 11.4 Å². The number of aromatic nitrogens is 1. The fraction of sp³-hybridized carbons (Fsp3) is 0.517. The van der Waals surface area contributed by atoms with Crippen LogP contribution in [0, 0.1) is 11.8 Å². The third-order valence-electron chi connectivity index (χ3n) is 7.66. The number of nitrogens with one attached hydrogen (secondary N) is 1. The number of hydrogen-bond acceptors (Lipinski definition) is 6. The van der Waals surface area contributed by atoms with E-state index in [1.54, 1.807) is 17.3 Å². The molecule has 0 saturated heterocycles. The fourth-order valence-electron chi connectivity index (χ4n) is 5.23. The van der Waals surface area contributed by atoms with Crippen molar-refractivity contribution >= 4 is 17.8 Å². The summed E-state index contributed by atoms with van der Waals surface area (Å²) < 4.78 is 6.07. The number of fused-ring (bicyclic) bond motifs is 1. The maximum Gasteiger partial charge on any atom is 0.231 e. The van der Waals surface area contributed by atoms with Crippen LogP contribution in [0.1, 0.15) is 71.4 Å². The van der Waals surface area contributed by atoms with E-state index >= 15 is 0 Å². The lowest BCUT2D eigenvalue weighted by Gasteiger charge is -2.38. The van der Waals surface area contributed by atoms with Crippen LogP contribution < -0.4 is 15.8 Å². The summed E-state index contributed by atoms with van der Waals surface area (Å²) in [6, 6.07) is 13.5. The molecule has 3 atom stereocenters. The molecule has 3 heterocycles. The second-order valence-corrected chi connectivity index (χ2v) is 10.9. The van der Waals surface area contributed by atoms with Gasteiger partial charge in [-0.2, -0.15) is 0 Å². The number of pyridine rings is 1. The van der Waals surface area contributed by atoms with Gasteiger partial charge in [0.25, 0.3) is 0 Å². The Bertz CT molecular complexity index is 1100. The number of nitrogens with zero attached hydrogens (tertiary/aromatic N) is 3. The first-order valence-corrected chi connectivity index (χ1v) is 13.3. The Hall–Kier alpha value is -3.42. The van der Waals surface area contributed by atoms with E-state index < -0.39 is 0 Å². The zero-order valence-corrected chi connectivity index (χ0v) is 22.3. The lowest BCUT2D eigenvalue weighted by atomic mass is 9.88. The molecule has 198 valence electrons. The molecule has 3 N–H and O–H groups in total. The second-order valence-electron chi connectivity index (χ2n) is 10.9. The van der Waals surface area contributed by atoms with E-state index in [1.165, 1.54) is 0 Å². The van der Waals surface area contributed by atoms with Crippen molar-refractivity contribution in [3.63, 3.8) is 0 Å². The first-order valence-electron chi connectivity index (χ1n) is 13.3. The summed E-state index contributed by atoms with van der Waals surface area (Å²) >= 11 is 0. The van der Waals surface area contributed by atoms with Gasteiger partial charge in [0.2, 0.25) is 11.8 Å². The number of carbonyl (C=O) groups excluding carboxylic acids is 2. The van der Waals surface area contributed by atoms with Crippen molar-refractivity contribution in [2.75, 3.05) is 6.54 Å². The Morgan fingerprint density at radius 3 is 2.43 bits per heavy atom. The molecule has 1 aromatic heterocycles. The van der Waals surface area contributed by atoms with Crippen LogP contribution in [0.4, 0.5) is 0 Å². The standard InChI is InChI=1S/C24H34N4O3.C5H5N/c1-5-24(6-2)13-20(29)28(22(25)27-24)14-15-11-17(15)21(30)26-18-12-23(3,4)31-19-10-8-7-9-16(18)19;1-2-4-6-5-3-1/h7-10,15,17-18H,5-6,11-14H2,1-4H3,(H2,25,27)(H,26,30);1-5H/t15-,17?,18?;/m1./s1. The number of ether oxygens (including phenoxy) is 1. The van der Waals surface area contributed by atoms with Gasteiger partial charge in [-0.1, -0.05) is 38.1 Å². The average Bonchev–Trinajstić information content (AvgIpc) is 3.66. The molecule has 8 nitrogen and oxygen atoms in total. The fourth-order valence-corrected chi connectivity index (χ4v) is 5.23. The van der Waals surface area contributed by atoms with Crippen LogP contribution in [0.25, 0.3) is 0 Å². The molecule has 2 amide bonds. The first kappa shape index (κ1) is 26.6. The highest BCUT2D eigenvalue weighted by Crippen LogP contribution is 2.43. The van der Waals surface area contributed by atoms with Crippen LogP contribution in [0.5, 0.6) is 5.75 Å². The van der Waals surface area contributed by atoms with Crippen LogP contribution in [-0.2, 0) is 9.59 Å². The van der Waals surface area contributed by atoms with Crippen LogP contribution in [-0.4, -0.2) is 45.3 Å². The summed E-state index contributed by atoms with van der Waals surface area (Å²) in [6.45, 7) is 8.63. The minimum absolute atomic E-state index is 0.0161. The quantitative estimate of drug-likeness (QED) is 0.611. The number of nitrogens with two attached hydrogens (primary N) is 1. The monoisotopic (exact) mass is 505 g/mol. The second kappa shape index (κ2) is 10.9. The number of aliphatic imine (C=N–C) groups is 1. The van der Waals surface area contributed by atoms with Gasteiger partial charge in [0.15, 0.2) is 5.96 Å². The number of guanidine groups is 1. The molecule has 3 aliphatic rings. The lowest BCUT2D eigenvalue weighted by Crippen LogP contribution is -2.52. The van der Waals surface area contributed by atoms with Crippen molar-refractivity contribution in [2.45, 2.75) is 77.0 Å². The highest BCUT2D eigenvalue weighted by Gasteiger charge is 2.47. The highest BCUT2D eigenvalue weighted by molar-refractivity contribution is 5.99. The van der Waals surface area contributed by atoms with Crippen molar-refractivity contribution in [3.05, 3.63) is 60.4 Å². The van der Waals surface area contributed by atoms with Crippen molar-refractivity contribution in [1.29, 1.82) is 0 Å². The third-order valence-corrected chi connectivity index (χ3v) is 7.66. The predicted octanol–water partition coefficient (Wildman–Crippen LogP) is 4.23. The Labute approximate surface area is 219 Å². The number of para-hydroxylation sites is 1. The Morgan fingerprint density at radius 2 is 1.84 bits per heavy atom. The molecule has 8 heteroatoms. The van der Waals surface area contributed by atoms with E-state index in [9.17, 15) is 9.59 Å². The van der Waals surface area contributed by atoms with Gasteiger partial charge in [0, 0.05) is 36.8 Å². The smallest absolute Gasteiger partial charge is 0.231 e. The van der Waals surface area contributed by atoms with Gasteiger partial charge in [-0.3, -0.25) is 19.5 Å². The molecular formula is C29H39N5O3. The van der Waals surface area contributed by atoms with Gasteiger partial charge in [-0.15, -0.1) is 0 Å². The number of rotatable bonds is 6. The number of hydrogen-bond donors (Lipinski definition) is 2. The lowest BCUT2D eigenvalue weighted by molar-refractivity contribution is -0.130. The molecule has 37 heavy (non-hydrogen) atoms. The van der Waals surface area contributed by atoms with Gasteiger partial charge in [0.05, 0.1) is 18.0 Å². The molecule has 0 radical (unpaired) electrons. The summed E-state index contributed by atoms with van der Waals surface area (Å²) in [5, 5.41) is 3.23. The SMILES string of the molecule is CCC1(CC)CC(=O)N(C[C@H]2CC2C(=O)NC2CC(C)(C)Oc3ccccc32)C(N)=N1.c1ccncc1. The molecule has 0 spiro atoms. The molecule has 5 rings (SSSR count). The van der Waals surface area contributed by atoms with E-state index in [1.807, 2.05) is 70.2 Å². The maximum atomic E-state index is 13.0. The zero-order valence-electron chi connectivity index (χ0n) is 22.3. The predicted molar refractivity (Wildman–Crippen MR) is 144 cm³/mol. The van der Waals surface area contributed by atoms with Crippen LogP contribution in [0.15, 0.2) is 59.9 Å². The highest BCUT2D eigenvalue weighted by atomic mass is 16.5. The molecule has 1 aliphatic carbocycles. The zero-order chi connectivity index (χ0) is 26.6. The Morgan fingerprint density at radius 1 is 1.14 bits per heavy atom. The molecule has 0 bridgehead atoms. The van der Waals surface area contributed by atoms with E-state index in [0.29, 0.717) is 25.3 Å². The maximum absolute atomic E-state index is 13.0. The van der Waals surface area contributed by atoms with Crippen LogP contribution >= 0.6 is 0 Å². The Balaban J connectivity index is 0.000000469. The largest absolute Gasteiger partial charge is 0.487 e. The van der Waals surface area contributed by atoms with Gasteiger partial charge in [-0.25, -0.2) is 4.99 Å². The van der Waals surface area contributed by atoms with Gasteiger partial charge < -0.3 is 15.8 Å². The molecule has 2 aromatic rings. The van der Waals surface area contributed by atoms with E-state index in [-0.39, 0.29) is 40.8 Å². The summed E-state index contributed by atoms with van der Waals surface area (Å²) in [7, 11) is 0. The van der Waals surface area contributed by atoms with Crippen LogP contribution in [0.3, 0.4) is 0 Å². The van der Waals surface area contributed by atoms with Crippen molar-refractivity contribution in [3.8, 4) is 5.75 Å². The van der Waals surface area contributed by atoms with Crippen LogP contribution in [0.2, 0.25) is 0 Å². The number of carbonyl (C=O) groups is 2. The van der Waals surface area contributed by atoms with E-state index in [2.05, 4.69) is 15.3 Å². The first-order chi connectivity index (χ1) is 17.7. The summed E-state index contributed by atoms with van der Waals surface area (Å²) in [4.78, 5) is 35.8. The third kappa shape index (κ3) is 6.29. The van der Waals surface area contributed by atoms with E-state index in [0.717, 1.165) is 30.6 Å². The molecule has 2 aliphatic heterocycles. The number of benzene rings is 1. The normalized spacial score (nSPS) is 25.0. The van der Waals surface area contributed by atoms with Gasteiger partial charge in [-0.05, 0) is 57.2 Å². The minimum Gasteiger partial charge on any atom is -0.487 e. The molecular weight excluding hydrogens is 466 g/mol. The Kier molecular flexibility index (Phi) is 7.85. The molecule has 1 fully saturated rings. The van der Waals surface area contributed by atoms with Crippen molar-refractivity contribution in [2.24, 2.45) is 22.6 Å². The molecule has 1 aromatic carbocycles. The van der Waals surface area contributed by atoms with Gasteiger partial charge >= 0.3 is 0 Å². The molecule has 2 unspecified atom stereocenters. The van der Waals surface area contributed by atoms with Crippen molar-refractivity contribution in [1.82, 2.24) is 15.2 Å². The molecule has 1 saturated carbocycles. The summed E-state index contributed by atoms with van der Waals surface area (Å²) in [6.07, 6.45) is 6.96. The average molecular weight is 506 g/mol.